The largest absolute Gasteiger partial charge is 0.496 e. The van der Waals surface area contributed by atoms with Gasteiger partial charge in [0.1, 0.15) is 5.75 Å². The second-order valence-corrected chi connectivity index (χ2v) is 6.03. The second kappa shape index (κ2) is 5.04. The van der Waals surface area contributed by atoms with Crippen molar-refractivity contribution < 1.29 is 4.74 Å². The molecule has 104 valence electrons. The van der Waals surface area contributed by atoms with Gasteiger partial charge in [-0.1, -0.05) is 0 Å². The Morgan fingerprint density at radius 3 is 2.47 bits per heavy atom. The van der Waals surface area contributed by atoms with Crippen molar-refractivity contribution in [2.24, 2.45) is 5.73 Å². The second-order valence-electron chi connectivity index (χ2n) is 6.03. The van der Waals surface area contributed by atoms with Crippen molar-refractivity contribution in [3.05, 3.63) is 23.8 Å². The summed E-state index contributed by atoms with van der Waals surface area (Å²) in [4.78, 5) is 2.62. The van der Waals surface area contributed by atoms with E-state index in [1.54, 1.807) is 7.11 Å². The summed E-state index contributed by atoms with van der Waals surface area (Å²) < 4.78 is 5.36. The molecule has 2 heterocycles. The van der Waals surface area contributed by atoms with Crippen LogP contribution in [0.3, 0.4) is 0 Å². The van der Waals surface area contributed by atoms with Crippen LogP contribution in [-0.4, -0.2) is 25.2 Å². The molecule has 0 radical (unpaired) electrons. The summed E-state index contributed by atoms with van der Waals surface area (Å²) in [6.07, 6.45) is 6.21. The molecule has 3 nitrogen and oxygen atoms in total. The summed E-state index contributed by atoms with van der Waals surface area (Å²) in [6, 6.07) is 8.22. The molecule has 2 aliphatic rings. The van der Waals surface area contributed by atoms with Gasteiger partial charge in [-0.2, -0.15) is 0 Å². The van der Waals surface area contributed by atoms with Gasteiger partial charge in [0.2, 0.25) is 0 Å². The predicted molar refractivity (Wildman–Crippen MR) is 78.8 cm³/mol. The van der Waals surface area contributed by atoms with Crippen LogP contribution in [-0.2, 0) is 0 Å². The minimum Gasteiger partial charge on any atom is -0.496 e. The molecule has 0 saturated carbocycles. The first-order valence-corrected chi connectivity index (χ1v) is 7.37. The van der Waals surface area contributed by atoms with Crippen molar-refractivity contribution in [1.82, 2.24) is 0 Å². The van der Waals surface area contributed by atoms with Crippen molar-refractivity contribution in [3.63, 3.8) is 0 Å². The SMILES string of the molecule is COc1ccc(N2C3CCCC2CC(N)C3)cc1C. The van der Waals surface area contributed by atoms with Crippen LogP contribution in [0.15, 0.2) is 18.2 Å². The van der Waals surface area contributed by atoms with Crippen molar-refractivity contribution in [3.8, 4) is 5.75 Å². The van der Waals surface area contributed by atoms with Gasteiger partial charge in [-0.15, -0.1) is 0 Å². The fourth-order valence-corrected chi connectivity index (χ4v) is 3.87. The van der Waals surface area contributed by atoms with E-state index in [0.29, 0.717) is 18.1 Å². The van der Waals surface area contributed by atoms with E-state index < -0.39 is 0 Å². The number of methoxy groups -OCH3 is 1. The monoisotopic (exact) mass is 260 g/mol. The highest BCUT2D eigenvalue weighted by Crippen LogP contribution is 2.38. The fourth-order valence-electron chi connectivity index (χ4n) is 3.87. The van der Waals surface area contributed by atoms with Gasteiger partial charge in [-0.25, -0.2) is 0 Å². The Balaban J connectivity index is 1.90. The van der Waals surface area contributed by atoms with Crippen molar-refractivity contribution in [1.29, 1.82) is 0 Å². The molecule has 2 saturated heterocycles. The highest BCUT2D eigenvalue weighted by molar-refractivity contribution is 5.55. The number of hydrogen-bond donors (Lipinski definition) is 1. The zero-order valence-corrected chi connectivity index (χ0v) is 11.9. The first-order valence-electron chi connectivity index (χ1n) is 7.37. The van der Waals surface area contributed by atoms with E-state index in [1.807, 2.05) is 0 Å². The van der Waals surface area contributed by atoms with Crippen LogP contribution in [0, 0.1) is 6.92 Å². The molecular weight excluding hydrogens is 236 g/mol. The molecular formula is C16H24N2O. The van der Waals surface area contributed by atoms with E-state index in [4.69, 9.17) is 10.5 Å². The summed E-state index contributed by atoms with van der Waals surface area (Å²) in [7, 11) is 1.73. The summed E-state index contributed by atoms with van der Waals surface area (Å²) >= 11 is 0. The number of ether oxygens (including phenoxy) is 1. The molecule has 2 bridgehead atoms. The molecule has 2 atom stereocenters. The van der Waals surface area contributed by atoms with Gasteiger partial charge in [0.15, 0.2) is 0 Å². The highest BCUT2D eigenvalue weighted by atomic mass is 16.5. The zero-order chi connectivity index (χ0) is 13.4. The summed E-state index contributed by atoms with van der Waals surface area (Å²) in [5.41, 5.74) is 8.76. The molecule has 3 heteroatoms. The van der Waals surface area contributed by atoms with Crippen molar-refractivity contribution >= 4 is 5.69 Å². The first kappa shape index (κ1) is 12.8. The molecule has 0 amide bonds. The van der Waals surface area contributed by atoms with E-state index in [1.165, 1.54) is 30.5 Å². The third-order valence-electron chi connectivity index (χ3n) is 4.69. The predicted octanol–water partition coefficient (Wildman–Crippen LogP) is 2.85. The number of aryl methyl sites for hydroxylation is 1. The Hall–Kier alpha value is -1.22. The minimum absolute atomic E-state index is 0.394. The summed E-state index contributed by atoms with van der Waals surface area (Å²) in [5.74, 6) is 0.975. The third kappa shape index (κ3) is 2.32. The van der Waals surface area contributed by atoms with E-state index in [2.05, 4.69) is 30.0 Å². The molecule has 1 aromatic rings. The maximum absolute atomic E-state index is 6.19. The lowest BCUT2D eigenvalue weighted by Crippen LogP contribution is -2.55. The van der Waals surface area contributed by atoms with Crippen LogP contribution in [0.1, 0.15) is 37.7 Å². The molecule has 19 heavy (non-hydrogen) atoms. The maximum atomic E-state index is 6.19. The average Bonchev–Trinajstić information content (AvgIpc) is 2.37. The Morgan fingerprint density at radius 2 is 1.89 bits per heavy atom. The highest BCUT2D eigenvalue weighted by Gasteiger charge is 2.37. The van der Waals surface area contributed by atoms with E-state index in [-0.39, 0.29) is 0 Å². The number of nitrogens with zero attached hydrogens (tertiary/aromatic N) is 1. The van der Waals surface area contributed by atoms with E-state index in [0.717, 1.165) is 18.6 Å². The Morgan fingerprint density at radius 1 is 1.21 bits per heavy atom. The maximum Gasteiger partial charge on any atom is 0.121 e. The molecule has 0 aliphatic carbocycles. The van der Waals surface area contributed by atoms with Gasteiger partial charge in [0.05, 0.1) is 7.11 Å². The zero-order valence-electron chi connectivity index (χ0n) is 11.9. The van der Waals surface area contributed by atoms with Gasteiger partial charge < -0.3 is 15.4 Å². The van der Waals surface area contributed by atoms with Gasteiger partial charge in [-0.3, -0.25) is 0 Å². The van der Waals surface area contributed by atoms with Crippen LogP contribution in [0.4, 0.5) is 5.69 Å². The Kier molecular flexibility index (Phi) is 3.40. The Bertz CT molecular complexity index is 446. The normalized spacial score (nSPS) is 30.3. The molecule has 2 aliphatic heterocycles. The Labute approximate surface area is 115 Å². The van der Waals surface area contributed by atoms with E-state index >= 15 is 0 Å². The topological polar surface area (TPSA) is 38.5 Å². The smallest absolute Gasteiger partial charge is 0.121 e. The third-order valence-corrected chi connectivity index (χ3v) is 4.69. The van der Waals surface area contributed by atoms with Crippen molar-refractivity contribution in [2.45, 2.75) is 57.2 Å². The molecule has 0 aromatic heterocycles. The lowest BCUT2D eigenvalue weighted by Gasteiger charge is -2.49. The fraction of sp³-hybridized carbons (Fsp3) is 0.625. The number of fused-ring (bicyclic) bond motifs is 2. The van der Waals surface area contributed by atoms with Crippen LogP contribution >= 0.6 is 0 Å². The molecule has 0 spiro atoms. The number of rotatable bonds is 2. The first-order chi connectivity index (χ1) is 9.19. The number of nitrogens with two attached hydrogens (primary N) is 1. The number of anilines is 1. The molecule has 2 N–H and O–H groups in total. The lowest BCUT2D eigenvalue weighted by atomic mass is 9.81. The van der Waals surface area contributed by atoms with Crippen molar-refractivity contribution in [2.75, 3.05) is 12.0 Å². The van der Waals surface area contributed by atoms with Crippen LogP contribution in [0.5, 0.6) is 5.75 Å². The minimum atomic E-state index is 0.394. The van der Waals surface area contributed by atoms with Gasteiger partial charge in [-0.05, 0) is 62.8 Å². The molecule has 2 unspecified atom stereocenters. The van der Waals surface area contributed by atoms with Crippen LogP contribution in [0.25, 0.3) is 0 Å². The molecule has 3 rings (SSSR count). The van der Waals surface area contributed by atoms with Gasteiger partial charge in [0.25, 0.3) is 0 Å². The van der Waals surface area contributed by atoms with Crippen LogP contribution in [0.2, 0.25) is 0 Å². The molecule has 2 fully saturated rings. The van der Waals surface area contributed by atoms with Gasteiger partial charge in [0, 0.05) is 23.8 Å². The summed E-state index contributed by atoms with van der Waals surface area (Å²) in [6.45, 7) is 2.12. The average molecular weight is 260 g/mol. The standard InChI is InChI=1S/C16H24N2O/c1-11-8-15(6-7-16(11)19-2)18-13-4-3-5-14(18)10-12(17)9-13/h6-8,12-14H,3-5,9-10,17H2,1-2H3. The van der Waals surface area contributed by atoms with E-state index in [9.17, 15) is 0 Å². The quantitative estimate of drug-likeness (QED) is 0.888. The van der Waals surface area contributed by atoms with Crippen LogP contribution < -0.4 is 15.4 Å². The summed E-state index contributed by atoms with van der Waals surface area (Å²) in [5, 5.41) is 0. The number of benzene rings is 1. The molecule has 1 aromatic carbocycles. The van der Waals surface area contributed by atoms with Gasteiger partial charge >= 0.3 is 0 Å². The number of piperidine rings is 2. The lowest BCUT2D eigenvalue weighted by molar-refractivity contribution is 0.271. The number of hydrogen-bond acceptors (Lipinski definition) is 3.